The van der Waals surface area contributed by atoms with E-state index in [1.165, 1.54) is 18.5 Å². The first-order chi connectivity index (χ1) is 15.2. The highest BCUT2D eigenvalue weighted by molar-refractivity contribution is 7.99. The molecule has 2 aliphatic heterocycles. The van der Waals surface area contributed by atoms with Crippen LogP contribution >= 0.6 is 35.3 Å². The summed E-state index contributed by atoms with van der Waals surface area (Å²) in [4.78, 5) is 15.3. The van der Waals surface area contributed by atoms with Gasteiger partial charge in [0.2, 0.25) is 0 Å². The van der Waals surface area contributed by atoms with Crippen LogP contribution < -0.4 is 4.90 Å². The quantitative estimate of drug-likeness (QED) is 0.524. The largest absolute Gasteiger partial charge is 0.378 e. The van der Waals surface area contributed by atoms with Crippen LogP contribution in [0.3, 0.4) is 0 Å². The molecule has 0 radical (unpaired) electrons. The third kappa shape index (κ3) is 4.83. The Balaban J connectivity index is 1.33. The number of aromatic amines is 1. The number of hydrogen-bond donors (Lipinski definition) is 1. The monoisotopic (exact) mass is 475 g/mol. The highest BCUT2D eigenvalue weighted by Gasteiger charge is 2.21. The normalized spacial score (nSPS) is 18.7. The molecule has 0 spiro atoms. The molecule has 1 aromatic carbocycles. The molecule has 6 nitrogen and oxygen atoms in total. The van der Waals surface area contributed by atoms with Gasteiger partial charge in [0.1, 0.15) is 0 Å². The van der Waals surface area contributed by atoms with Crippen LogP contribution in [0, 0.1) is 0 Å². The van der Waals surface area contributed by atoms with Crippen LogP contribution in [-0.4, -0.2) is 70.2 Å². The average molecular weight is 476 g/mol. The molecule has 0 saturated carbocycles. The summed E-state index contributed by atoms with van der Waals surface area (Å²) < 4.78 is 7.87. The summed E-state index contributed by atoms with van der Waals surface area (Å²) in [5, 5.41) is 2.16. The first-order valence-electron chi connectivity index (χ1n) is 10.6. The maximum absolute atomic E-state index is 6.61. The van der Waals surface area contributed by atoms with E-state index in [-0.39, 0.29) is 0 Å². The molecule has 5 rings (SSSR count). The lowest BCUT2D eigenvalue weighted by Gasteiger charge is -2.28. The molecule has 0 bridgehead atoms. The molecule has 9 heteroatoms. The van der Waals surface area contributed by atoms with Gasteiger partial charge in [-0.15, -0.1) is 0 Å². The van der Waals surface area contributed by atoms with Gasteiger partial charge in [-0.3, -0.25) is 4.31 Å². The number of aromatic nitrogens is 3. The van der Waals surface area contributed by atoms with Gasteiger partial charge in [-0.1, -0.05) is 47.4 Å². The van der Waals surface area contributed by atoms with Gasteiger partial charge >= 0.3 is 0 Å². The molecule has 0 aliphatic carbocycles. The Kier molecular flexibility index (Phi) is 6.62. The van der Waals surface area contributed by atoms with Crippen molar-refractivity contribution in [2.75, 3.05) is 50.5 Å². The van der Waals surface area contributed by atoms with E-state index >= 15 is 0 Å². The van der Waals surface area contributed by atoms with Crippen molar-refractivity contribution in [1.29, 1.82) is 0 Å². The first-order valence-corrected chi connectivity index (χ1v) is 13.1. The number of H-pyrrole nitrogens is 1. The Morgan fingerprint density at radius 1 is 1.06 bits per heavy atom. The van der Waals surface area contributed by atoms with Crippen LogP contribution in [0.15, 0.2) is 35.5 Å². The number of benzene rings is 1. The van der Waals surface area contributed by atoms with Crippen molar-refractivity contribution in [3.05, 3.63) is 35.4 Å². The van der Waals surface area contributed by atoms with Crippen LogP contribution in [-0.2, 0) is 4.74 Å². The number of morpholine rings is 1. The zero-order valence-electron chi connectivity index (χ0n) is 17.5. The van der Waals surface area contributed by atoms with Crippen LogP contribution in [0.4, 0.5) is 5.69 Å². The van der Waals surface area contributed by atoms with Gasteiger partial charge in [0.15, 0.2) is 10.8 Å². The molecule has 2 fully saturated rings. The maximum atomic E-state index is 6.61. The fourth-order valence-corrected chi connectivity index (χ4v) is 6.00. The molecule has 2 aliphatic rings. The van der Waals surface area contributed by atoms with Crippen molar-refractivity contribution in [2.24, 2.45) is 0 Å². The summed E-state index contributed by atoms with van der Waals surface area (Å²) >= 11 is 10.3. The SMILES string of the molecule is CSN1CCC(Sc2nc3nc(-c4ccc(N5CCOCC5)cc4)c(Cl)cc3[nH]2)CC1. The average Bonchev–Trinajstić information content (AvgIpc) is 3.20. The molecule has 31 heavy (non-hydrogen) atoms. The minimum absolute atomic E-state index is 0.589. The number of halogens is 1. The standard InChI is InChI=1S/C22H26ClN5OS2/c1-30-28-8-6-17(7-9-28)31-22-24-19-14-18(23)20(25-21(19)26-22)15-2-4-16(5-3-15)27-10-12-29-13-11-27/h2-5,14,17H,6-13H2,1H3,(H,24,25,26). The Bertz CT molecular complexity index is 1030. The second-order valence-corrected chi connectivity index (χ2v) is 10.4. The predicted octanol–water partition coefficient (Wildman–Crippen LogP) is 4.95. The van der Waals surface area contributed by atoms with Crippen LogP contribution in [0.25, 0.3) is 22.4 Å². The molecule has 3 aromatic rings. The summed E-state index contributed by atoms with van der Waals surface area (Å²) in [6, 6.07) is 10.4. The number of imidazole rings is 1. The van der Waals surface area contributed by atoms with E-state index < -0.39 is 0 Å². The molecule has 0 amide bonds. The molecule has 0 atom stereocenters. The van der Waals surface area contributed by atoms with E-state index in [0.717, 1.165) is 67.0 Å². The van der Waals surface area contributed by atoms with Gasteiger partial charge in [-0.2, -0.15) is 0 Å². The second-order valence-electron chi connectivity index (χ2n) is 7.81. The van der Waals surface area contributed by atoms with Crippen molar-refractivity contribution in [3.8, 4) is 11.3 Å². The summed E-state index contributed by atoms with van der Waals surface area (Å²) in [7, 11) is 0. The summed E-state index contributed by atoms with van der Waals surface area (Å²) in [6.07, 6.45) is 4.50. The van der Waals surface area contributed by atoms with E-state index in [9.17, 15) is 0 Å². The maximum Gasteiger partial charge on any atom is 0.179 e. The molecule has 1 N–H and O–H groups in total. The fourth-order valence-electron chi connectivity index (χ4n) is 4.10. The fraction of sp³-hybridized carbons (Fsp3) is 0.455. The molecular weight excluding hydrogens is 450 g/mol. The number of fused-ring (bicyclic) bond motifs is 1. The summed E-state index contributed by atoms with van der Waals surface area (Å²) in [5.41, 5.74) is 4.60. The Morgan fingerprint density at radius 3 is 2.52 bits per heavy atom. The van der Waals surface area contributed by atoms with Gasteiger partial charge in [-0.25, -0.2) is 9.97 Å². The van der Waals surface area contributed by atoms with Crippen LogP contribution in [0.5, 0.6) is 0 Å². The Hall–Kier alpha value is -1.45. The van der Waals surface area contributed by atoms with Crippen LogP contribution in [0.2, 0.25) is 5.02 Å². The van der Waals surface area contributed by atoms with Gasteiger partial charge < -0.3 is 14.6 Å². The lowest BCUT2D eigenvalue weighted by molar-refractivity contribution is 0.122. The van der Waals surface area contributed by atoms with Crippen molar-refractivity contribution >= 4 is 52.2 Å². The minimum Gasteiger partial charge on any atom is -0.378 e. The Labute approximate surface area is 196 Å². The topological polar surface area (TPSA) is 57.3 Å². The number of piperidine rings is 1. The van der Waals surface area contributed by atoms with Gasteiger partial charge in [-0.05, 0) is 37.3 Å². The number of nitrogens with zero attached hydrogens (tertiary/aromatic N) is 4. The van der Waals surface area contributed by atoms with Crippen molar-refractivity contribution < 1.29 is 4.74 Å². The number of rotatable bonds is 5. The lowest BCUT2D eigenvalue weighted by Crippen LogP contribution is -2.36. The van der Waals surface area contributed by atoms with E-state index in [4.69, 9.17) is 26.3 Å². The highest BCUT2D eigenvalue weighted by Crippen LogP contribution is 2.34. The number of hydrogen-bond acceptors (Lipinski definition) is 7. The van der Waals surface area contributed by atoms with Gasteiger partial charge in [0, 0.05) is 42.7 Å². The highest BCUT2D eigenvalue weighted by atomic mass is 35.5. The number of pyridine rings is 1. The number of thioether (sulfide) groups is 1. The van der Waals surface area contributed by atoms with Gasteiger partial charge in [0.05, 0.1) is 29.4 Å². The predicted molar refractivity (Wildman–Crippen MR) is 131 cm³/mol. The molecule has 2 aromatic heterocycles. The van der Waals surface area contributed by atoms with E-state index in [2.05, 4.69) is 44.7 Å². The molecule has 4 heterocycles. The second kappa shape index (κ2) is 9.58. The van der Waals surface area contributed by atoms with Crippen molar-refractivity contribution in [3.63, 3.8) is 0 Å². The minimum atomic E-state index is 0.589. The first kappa shape index (κ1) is 21.4. The molecular formula is C22H26ClN5OS2. The lowest BCUT2D eigenvalue weighted by atomic mass is 10.1. The molecule has 0 unspecified atom stereocenters. The van der Waals surface area contributed by atoms with E-state index in [1.54, 1.807) is 0 Å². The summed E-state index contributed by atoms with van der Waals surface area (Å²) in [6.45, 7) is 5.67. The van der Waals surface area contributed by atoms with Crippen LogP contribution in [0.1, 0.15) is 12.8 Å². The zero-order valence-corrected chi connectivity index (χ0v) is 19.9. The van der Waals surface area contributed by atoms with E-state index in [1.807, 2.05) is 29.8 Å². The smallest absolute Gasteiger partial charge is 0.179 e. The zero-order chi connectivity index (χ0) is 21.2. The van der Waals surface area contributed by atoms with Gasteiger partial charge in [0.25, 0.3) is 0 Å². The van der Waals surface area contributed by atoms with E-state index in [0.29, 0.717) is 10.3 Å². The number of anilines is 1. The van der Waals surface area contributed by atoms with Crippen molar-refractivity contribution in [1.82, 2.24) is 19.3 Å². The third-order valence-corrected chi connectivity index (χ3v) is 8.25. The Morgan fingerprint density at radius 2 is 1.81 bits per heavy atom. The molecule has 164 valence electrons. The van der Waals surface area contributed by atoms with Crippen molar-refractivity contribution in [2.45, 2.75) is 23.2 Å². The number of nitrogens with one attached hydrogen (secondary N) is 1. The third-order valence-electron chi connectivity index (χ3n) is 5.86. The molecule has 2 saturated heterocycles. The summed E-state index contributed by atoms with van der Waals surface area (Å²) in [5.74, 6) is 0. The number of ether oxygens (including phenoxy) is 1.